The van der Waals surface area contributed by atoms with Crippen LogP contribution in [-0.2, 0) is 34.3 Å². The standard InChI is InChI=1S/C22H29N5O3S2/c1-2-8-27-20-4-3-18(32(23,29)30)14-19(20)24-21(27)5-6-22(28)26-11-9-25(10-12-26)15-17-7-13-31-16-17/h3-4,7,13-14,16H,2,5-6,8-12,15H2,1H3,(H2,23,29,30). The van der Waals surface area contributed by atoms with Crippen LogP contribution in [0.1, 0.15) is 31.2 Å². The minimum Gasteiger partial charge on any atom is -0.340 e. The summed E-state index contributed by atoms with van der Waals surface area (Å²) in [5, 5.41) is 9.53. The van der Waals surface area contributed by atoms with Gasteiger partial charge in [0.1, 0.15) is 5.82 Å². The molecule has 8 nitrogen and oxygen atoms in total. The average molecular weight is 476 g/mol. The number of hydrogen-bond acceptors (Lipinski definition) is 6. The summed E-state index contributed by atoms with van der Waals surface area (Å²) in [4.78, 5) is 21.9. The van der Waals surface area contributed by atoms with E-state index < -0.39 is 10.0 Å². The molecule has 1 saturated heterocycles. The van der Waals surface area contributed by atoms with Gasteiger partial charge >= 0.3 is 0 Å². The number of piperazine rings is 1. The second-order valence-corrected chi connectivity index (χ2v) is 10.5. The summed E-state index contributed by atoms with van der Waals surface area (Å²) < 4.78 is 25.4. The van der Waals surface area contributed by atoms with Gasteiger partial charge in [0.2, 0.25) is 15.9 Å². The van der Waals surface area contributed by atoms with E-state index in [1.54, 1.807) is 17.4 Å². The molecule has 0 spiro atoms. The van der Waals surface area contributed by atoms with E-state index in [-0.39, 0.29) is 10.8 Å². The molecule has 10 heteroatoms. The quantitative estimate of drug-likeness (QED) is 0.539. The number of nitrogens with zero attached hydrogens (tertiary/aromatic N) is 4. The molecule has 0 saturated carbocycles. The monoisotopic (exact) mass is 475 g/mol. The van der Waals surface area contributed by atoms with Crippen LogP contribution in [0.4, 0.5) is 0 Å². The van der Waals surface area contributed by atoms with Crippen molar-refractivity contribution in [2.45, 2.75) is 44.2 Å². The minimum absolute atomic E-state index is 0.0501. The van der Waals surface area contributed by atoms with Gasteiger partial charge in [0.05, 0.1) is 15.9 Å². The fraction of sp³-hybridized carbons (Fsp3) is 0.455. The Hall–Kier alpha value is -2.27. The molecule has 0 atom stereocenters. The van der Waals surface area contributed by atoms with Crippen LogP contribution in [0.5, 0.6) is 0 Å². The molecular formula is C22H29N5O3S2. The predicted molar refractivity (Wildman–Crippen MR) is 126 cm³/mol. The maximum Gasteiger partial charge on any atom is 0.238 e. The molecule has 0 radical (unpaired) electrons. The summed E-state index contributed by atoms with van der Waals surface area (Å²) in [6.07, 6.45) is 1.82. The van der Waals surface area contributed by atoms with Crippen LogP contribution in [0.15, 0.2) is 39.9 Å². The van der Waals surface area contributed by atoms with Crippen LogP contribution in [0.2, 0.25) is 0 Å². The number of thiophene rings is 1. The van der Waals surface area contributed by atoms with E-state index in [4.69, 9.17) is 5.14 Å². The van der Waals surface area contributed by atoms with Crippen LogP contribution in [0, 0.1) is 0 Å². The van der Waals surface area contributed by atoms with E-state index in [1.165, 1.54) is 17.7 Å². The first-order chi connectivity index (χ1) is 15.3. The summed E-state index contributed by atoms with van der Waals surface area (Å²) in [6.45, 7) is 7.02. The summed E-state index contributed by atoms with van der Waals surface area (Å²) in [5.41, 5.74) is 2.79. The zero-order valence-electron chi connectivity index (χ0n) is 18.2. The number of carbonyl (C=O) groups is 1. The Morgan fingerprint density at radius 2 is 1.97 bits per heavy atom. The van der Waals surface area contributed by atoms with Gasteiger partial charge < -0.3 is 9.47 Å². The first-order valence-corrected chi connectivity index (χ1v) is 13.4. The molecule has 1 fully saturated rings. The SMILES string of the molecule is CCCn1c(CCC(=O)N2CCN(Cc3ccsc3)CC2)nc2cc(S(N)(=O)=O)ccc21. The van der Waals surface area contributed by atoms with Crippen LogP contribution >= 0.6 is 11.3 Å². The van der Waals surface area contributed by atoms with Crippen molar-refractivity contribution in [2.75, 3.05) is 26.2 Å². The Bertz CT molecular complexity index is 1180. The number of benzene rings is 1. The lowest BCUT2D eigenvalue weighted by Gasteiger charge is -2.34. The van der Waals surface area contributed by atoms with Crippen molar-refractivity contribution >= 4 is 38.3 Å². The van der Waals surface area contributed by atoms with Crippen molar-refractivity contribution < 1.29 is 13.2 Å². The Balaban J connectivity index is 1.40. The highest BCUT2D eigenvalue weighted by molar-refractivity contribution is 7.89. The molecule has 172 valence electrons. The number of rotatable bonds is 8. The third-order valence-corrected chi connectivity index (χ3v) is 7.49. The van der Waals surface area contributed by atoms with Gasteiger partial charge in [-0.05, 0) is 47.0 Å². The lowest BCUT2D eigenvalue weighted by atomic mass is 10.2. The molecule has 1 aliphatic rings. The third-order valence-electron chi connectivity index (χ3n) is 5.85. The van der Waals surface area contributed by atoms with E-state index in [1.807, 2.05) is 4.90 Å². The summed E-state index contributed by atoms with van der Waals surface area (Å²) in [6, 6.07) is 6.91. The summed E-state index contributed by atoms with van der Waals surface area (Å²) in [5.74, 6) is 0.943. The van der Waals surface area contributed by atoms with E-state index >= 15 is 0 Å². The second-order valence-electron chi connectivity index (χ2n) is 8.16. The Morgan fingerprint density at radius 1 is 1.19 bits per heavy atom. The molecule has 4 rings (SSSR count). The summed E-state index contributed by atoms with van der Waals surface area (Å²) in [7, 11) is -3.79. The van der Waals surface area contributed by atoms with E-state index in [2.05, 4.69) is 38.2 Å². The Kier molecular flexibility index (Phi) is 6.94. The van der Waals surface area contributed by atoms with Crippen molar-refractivity contribution in [3.63, 3.8) is 0 Å². The summed E-state index contributed by atoms with van der Waals surface area (Å²) >= 11 is 1.71. The van der Waals surface area contributed by atoms with E-state index in [0.717, 1.165) is 57.0 Å². The largest absolute Gasteiger partial charge is 0.340 e. The van der Waals surface area contributed by atoms with Crippen LogP contribution in [-0.4, -0.2) is 59.9 Å². The topological polar surface area (TPSA) is 102 Å². The first-order valence-electron chi connectivity index (χ1n) is 10.9. The number of aryl methyl sites for hydroxylation is 2. The first kappa shape index (κ1) is 22.9. The molecule has 2 aromatic heterocycles. The number of amides is 1. The molecule has 3 heterocycles. The number of nitrogens with two attached hydrogens (primary N) is 1. The maximum absolute atomic E-state index is 12.8. The molecule has 1 aromatic carbocycles. The number of fused-ring (bicyclic) bond motifs is 1. The van der Waals surface area contributed by atoms with Crippen LogP contribution in [0.3, 0.4) is 0 Å². The normalized spacial score (nSPS) is 15.5. The number of sulfonamides is 1. The molecular weight excluding hydrogens is 446 g/mol. The van der Waals surface area contributed by atoms with Crippen molar-refractivity contribution in [1.82, 2.24) is 19.4 Å². The highest BCUT2D eigenvalue weighted by Gasteiger charge is 2.22. The maximum atomic E-state index is 12.8. The number of carbonyl (C=O) groups excluding carboxylic acids is 1. The van der Waals surface area contributed by atoms with Gasteiger partial charge in [-0.2, -0.15) is 11.3 Å². The lowest BCUT2D eigenvalue weighted by Crippen LogP contribution is -2.48. The fourth-order valence-corrected chi connectivity index (χ4v) is 5.37. The van der Waals surface area contributed by atoms with Crippen molar-refractivity contribution in [1.29, 1.82) is 0 Å². The molecule has 0 bridgehead atoms. The van der Waals surface area contributed by atoms with Gasteiger partial charge in [-0.1, -0.05) is 6.92 Å². The average Bonchev–Trinajstić information content (AvgIpc) is 3.40. The number of imidazole rings is 1. The van der Waals surface area contributed by atoms with Gasteiger partial charge in [0, 0.05) is 52.1 Å². The van der Waals surface area contributed by atoms with Gasteiger partial charge in [-0.3, -0.25) is 9.69 Å². The van der Waals surface area contributed by atoms with Crippen molar-refractivity contribution in [2.24, 2.45) is 5.14 Å². The predicted octanol–water partition coefficient (Wildman–Crippen LogP) is 2.43. The Morgan fingerprint density at radius 3 is 2.62 bits per heavy atom. The van der Waals surface area contributed by atoms with Crippen LogP contribution in [0.25, 0.3) is 11.0 Å². The van der Waals surface area contributed by atoms with Gasteiger partial charge in [0.25, 0.3) is 0 Å². The zero-order valence-corrected chi connectivity index (χ0v) is 19.9. The number of aromatic nitrogens is 2. The minimum atomic E-state index is -3.79. The molecule has 1 aliphatic heterocycles. The Labute approximate surface area is 192 Å². The number of hydrogen-bond donors (Lipinski definition) is 1. The van der Waals surface area contributed by atoms with E-state index in [9.17, 15) is 13.2 Å². The molecule has 2 N–H and O–H groups in total. The highest BCUT2D eigenvalue weighted by atomic mass is 32.2. The number of primary sulfonamides is 1. The highest BCUT2D eigenvalue weighted by Crippen LogP contribution is 2.22. The lowest BCUT2D eigenvalue weighted by molar-refractivity contribution is -0.133. The second kappa shape index (κ2) is 9.70. The van der Waals surface area contributed by atoms with E-state index in [0.29, 0.717) is 18.4 Å². The van der Waals surface area contributed by atoms with Crippen LogP contribution < -0.4 is 5.14 Å². The third kappa shape index (κ3) is 5.20. The zero-order chi connectivity index (χ0) is 22.7. The van der Waals surface area contributed by atoms with Gasteiger partial charge in [0.15, 0.2) is 0 Å². The van der Waals surface area contributed by atoms with Gasteiger partial charge in [-0.15, -0.1) is 0 Å². The smallest absolute Gasteiger partial charge is 0.238 e. The molecule has 1 amide bonds. The molecule has 3 aromatic rings. The molecule has 0 unspecified atom stereocenters. The molecule has 32 heavy (non-hydrogen) atoms. The fourth-order valence-electron chi connectivity index (χ4n) is 4.17. The van der Waals surface area contributed by atoms with Crippen molar-refractivity contribution in [3.05, 3.63) is 46.4 Å². The molecule has 0 aliphatic carbocycles. The van der Waals surface area contributed by atoms with Gasteiger partial charge in [-0.25, -0.2) is 18.5 Å². The van der Waals surface area contributed by atoms with Crippen molar-refractivity contribution in [3.8, 4) is 0 Å².